The van der Waals surface area contributed by atoms with Crippen LogP contribution in [0.3, 0.4) is 0 Å². The number of ether oxygens (including phenoxy) is 1. The summed E-state index contributed by atoms with van der Waals surface area (Å²) >= 11 is 0. The van der Waals surface area contributed by atoms with E-state index in [0.717, 1.165) is 17.1 Å². The van der Waals surface area contributed by atoms with Gasteiger partial charge in [0.05, 0.1) is 18.8 Å². The van der Waals surface area contributed by atoms with Crippen LogP contribution in [0.15, 0.2) is 42.9 Å². The molecule has 0 unspecified atom stereocenters. The SMILES string of the molecule is O=C1OCCN1c1cccc(NCc2ccncn2)c1. The van der Waals surface area contributed by atoms with Crippen molar-refractivity contribution < 1.29 is 9.53 Å². The molecule has 1 aliphatic heterocycles. The molecule has 1 aromatic heterocycles. The van der Waals surface area contributed by atoms with Gasteiger partial charge in [0.2, 0.25) is 0 Å². The van der Waals surface area contributed by atoms with E-state index in [1.807, 2.05) is 30.3 Å². The molecule has 20 heavy (non-hydrogen) atoms. The third-order valence-electron chi connectivity index (χ3n) is 3.04. The Hall–Kier alpha value is -2.63. The molecular weight excluding hydrogens is 256 g/mol. The van der Waals surface area contributed by atoms with Gasteiger partial charge in [0.1, 0.15) is 12.9 Å². The van der Waals surface area contributed by atoms with Crippen LogP contribution < -0.4 is 10.2 Å². The second-order valence-corrected chi connectivity index (χ2v) is 4.37. The first kappa shape index (κ1) is 12.4. The molecule has 0 aliphatic carbocycles. The lowest BCUT2D eigenvalue weighted by Crippen LogP contribution is -2.23. The lowest BCUT2D eigenvalue weighted by atomic mass is 10.2. The fourth-order valence-corrected chi connectivity index (χ4v) is 2.03. The number of aromatic nitrogens is 2. The third kappa shape index (κ3) is 2.69. The second kappa shape index (κ2) is 5.56. The average Bonchev–Trinajstić information content (AvgIpc) is 2.93. The Morgan fingerprint density at radius 1 is 1.35 bits per heavy atom. The number of amides is 1. The molecule has 1 N–H and O–H groups in total. The molecule has 2 aromatic rings. The topological polar surface area (TPSA) is 67.3 Å². The lowest BCUT2D eigenvalue weighted by molar-refractivity contribution is 0.181. The zero-order valence-corrected chi connectivity index (χ0v) is 10.8. The molecule has 6 nitrogen and oxygen atoms in total. The van der Waals surface area contributed by atoms with Crippen LogP contribution in [0.25, 0.3) is 0 Å². The van der Waals surface area contributed by atoms with Crippen molar-refractivity contribution in [2.75, 3.05) is 23.4 Å². The molecule has 2 heterocycles. The van der Waals surface area contributed by atoms with Crippen LogP contribution in [0, 0.1) is 0 Å². The van der Waals surface area contributed by atoms with Gasteiger partial charge < -0.3 is 10.1 Å². The highest BCUT2D eigenvalue weighted by Crippen LogP contribution is 2.22. The van der Waals surface area contributed by atoms with E-state index < -0.39 is 0 Å². The van der Waals surface area contributed by atoms with Gasteiger partial charge in [-0.2, -0.15) is 0 Å². The Balaban J connectivity index is 1.70. The first-order valence-electron chi connectivity index (χ1n) is 6.36. The smallest absolute Gasteiger partial charge is 0.414 e. The number of nitrogens with one attached hydrogen (secondary N) is 1. The summed E-state index contributed by atoms with van der Waals surface area (Å²) in [5, 5.41) is 3.27. The zero-order valence-electron chi connectivity index (χ0n) is 10.8. The Morgan fingerprint density at radius 3 is 3.05 bits per heavy atom. The van der Waals surface area contributed by atoms with Gasteiger partial charge in [-0.05, 0) is 24.3 Å². The predicted octanol–water partition coefficient (Wildman–Crippen LogP) is 2.05. The van der Waals surface area contributed by atoms with Crippen LogP contribution in [0.2, 0.25) is 0 Å². The summed E-state index contributed by atoms with van der Waals surface area (Å²) in [6, 6.07) is 9.53. The van der Waals surface area contributed by atoms with E-state index in [-0.39, 0.29) is 6.09 Å². The van der Waals surface area contributed by atoms with Crippen molar-refractivity contribution in [3.8, 4) is 0 Å². The number of carbonyl (C=O) groups is 1. The zero-order chi connectivity index (χ0) is 13.8. The maximum atomic E-state index is 11.5. The number of cyclic esters (lactones) is 1. The number of nitrogens with zero attached hydrogens (tertiary/aromatic N) is 3. The summed E-state index contributed by atoms with van der Waals surface area (Å²) in [5.74, 6) is 0. The highest BCUT2D eigenvalue weighted by atomic mass is 16.6. The Labute approximate surface area is 116 Å². The Kier molecular flexibility index (Phi) is 3.45. The molecule has 1 fully saturated rings. The molecule has 1 aliphatic rings. The minimum absolute atomic E-state index is 0.294. The van der Waals surface area contributed by atoms with Crippen molar-refractivity contribution in [3.63, 3.8) is 0 Å². The van der Waals surface area contributed by atoms with Crippen LogP contribution in [-0.4, -0.2) is 29.2 Å². The van der Waals surface area contributed by atoms with E-state index in [1.54, 1.807) is 11.1 Å². The van der Waals surface area contributed by atoms with Crippen molar-refractivity contribution in [3.05, 3.63) is 48.5 Å². The number of rotatable bonds is 4. The minimum Gasteiger partial charge on any atom is -0.447 e. The van der Waals surface area contributed by atoms with Crippen LogP contribution in [0.4, 0.5) is 16.2 Å². The second-order valence-electron chi connectivity index (χ2n) is 4.37. The van der Waals surface area contributed by atoms with Gasteiger partial charge in [0.15, 0.2) is 0 Å². The van der Waals surface area contributed by atoms with E-state index in [4.69, 9.17) is 4.74 Å². The fourth-order valence-electron chi connectivity index (χ4n) is 2.03. The van der Waals surface area contributed by atoms with Crippen molar-refractivity contribution in [2.24, 2.45) is 0 Å². The van der Waals surface area contributed by atoms with Gasteiger partial charge in [0, 0.05) is 17.6 Å². The van der Waals surface area contributed by atoms with Gasteiger partial charge in [-0.15, -0.1) is 0 Å². The lowest BCUT2D eigenvalue weighted by Gasteiger charge is -2.14. The first-order chi connectivity index (χ1) is 9.83. The van der Waals surface area contributed by atoms with Gasteiger partial charge in [-0.1, -0.05) is 6.07 Å². The number of hydrogen-bond donors (Lipinski definition) is 1. The molecule has 0 saturated carbocycles. The molecule has 0 spiro atoms. The van der Waals surface area contributed by atoms with Gasteiger partial charge in [-0.25, -0.2) is 14.8 Å². The van der Waals surface area contributed by atoms with Crippen molar-refractivity contribution in [2.45, 2.75) is 6.54 Å². The number of anilines is 2. The van der Waals surface area contributed by atoms with Gasteiger partial charge in [0.25, 0.3) is 0 Å². The van der Waals surface area contributed by atoms with Gasteiger partial charge >= 0.3 is 6.09 Å². The molecule has 0 bridgehead atoms. The van der Waals surface area contributed by atoms with Crippen LogP contribution in [-0.2, 0) is 11.3 Å². The van der Waals surface area contributed by atoms with E-state index in [0.29, 0.717) is 19.7 Å². The molecular formula is C14H14N4O2. The van der Waals surface area contributed by atoms with Crippen molar-refractivity contribution in [1.82, 2.24) is 9.97 Å². The molecule has 1 amide bonds. The maximum Gasteiger partial charge on any atom is 0.414 e. The summed E-state index contributed by atoms with van der Waals surface area (Å²) in [5.41, 5.74) is 2.67. The molecule has 6 heteroatoms. The molecule has 3 rings (SSSR count). The Morgan fingerprint density at radius 2 is 2.30 bits per heavy atom. The van der Waals surface area contributed by atoms with Crippen LogP contribution in [0.5, 0.6) is 0 Å². The quantitative estimate of drug-likeness (QED) is 0.921. The van der Waals surface area contributed by atoms with E-state index in [2.05, 4.69) is 15.3 Å². The number of carbonyl (C=O) groups excluding carboxylic acids is 1. The largest absolute Gasteiger partial charge is 0.447 e. The van der Waals surface area contributed by atoms with Crippen LogP contribution >= 0.6 is 0 Å². The molecule has 0 atom stereocenters. The maximum absolute atomic E-state index is 11.5. The van der Waals surface area contributed by atoms with E-state index >= 15 is 0 Å². The molecule has 1 saturated heterocycles. The average molecular weight is 270 g/mol. The van der Waals surface area contributed by atoms with Crippen LogP contribution in [0.1, 0.15) is 5.69 Å². The molecule has 1 aromatic carbocycles. The molecule has 102 valence electrons. The molecule has 0 radical (unpaired) electrons. The normalized spacial score (nSPS) is 14.2. The standard InChI is InChI=1S/C14H14N4O2/c19-14-18(6-7-20-14)13-3-1-2-11(8-13)16-9-12-4-5-15-10-17-12/h1-5,8,10,16H,6-7,9H2. The van der Waals surface area contributed by atoms with E-state index in [9.17, 15) is 4.79 Å². The highest BCUT2D eigenvalue weighted by Gasteiger charge is 2.23. The van der Waals surface area contributed by atoms with Crippen molar-refractivity contribution >= 4 is 17.5 Å². The minimum atomic E-state index is -0.294. The fraction of sp³-hybridized carbons (Fsp3) is 0.214. The van der Waals surface area contributed by atoms with Crippen molar-refractivity contribution in [1.29, 1.82) is 0 Å². The summed E-state index contributed by atoms with van der Waals surface area (Å²) in [6.07, 6.45) is 2.94. The first-order valence-corrected chi connectivity index (χ1v) is 6.36. The Bertz CT molecular complexity index is 603. The third-order valence-corrected chi connectivity index (χ3v) is 3.04. The summed E-state index contributed by atoms with van der Waals surface area (Å²) in [6.45, 7) is 1.64. The number of hydrogen-bond acceptors (Lipinski definition) is 5. The highest BCUT2D eigenvalue weighted by molar-refractivity contribution is 5.89. The summed E-state index contributed by atoms with van der Waals surface area (Å²) < 4.78 is 4.94. The predicted molar refractivity (Wildman–Crippen MR) is 74.5 cm³/mol. The van der Waals surface area contributed by atoms with Gasteiger partial charge in [-0.3, -0.25) is 4.90 Å². The monoisotopic (exact) mass is 270 g/mol. The summed E-state index contributed by atoms with van der Waals surface area (Å²) in [7, 11) is 0. The van der Waals surface area contributed by atoms with E-state index in [1.165, 1.54) is 6.33 Å². The summed E-state index contributed by atoms with van der Waals surface area (Å²) in [4.78, 5) is 21.2. The number of benzene rings is 1.